The third kappa shape index (κ3) is 5.43. The molecule has 0 saturated heterocycles. The van der Waals surface area contributed by atoms with Crippen LogP contribution in [0.4, 0.5) is 0 Å². The number of allylic oxidation sites excluding steroid dienone is 1. The monoisotopic (exact) mass is 129 g/mol. The minimum atomic E-state index is -0.218. The van der Waals surface area contributed by atoms with Gasteiger partial charge in [-0.3, -0.25) is 4.79 Å². The van der Waals surface area contributed by atoms with Gasteiger partial charge in [-0.15, -0.1) is 5.70 Å². The van der Waals surface area contributed by atoms with E-state index in [1.807, 2.05) is 11.8 Å². The molecule has 2 N–H and O–H groups in total. The van der Waals surface area contributed by atoms with Crippen molar-refractivity contribution in [3.05, 3.63) is 11.8 Å². The van der Waals surface area contributed by atoms with Crippen molar-refractivity contribution in [2.24, 2.45) is 5.73 Å². The van der Waals surface area contributed by atoms with Crippen molar-refractivity contribution in [3.63, 3.8) is 0 Å². The second-order valence-electron chi connectivity index (χ2n) is 1.57. The number of carbonyl (C=O) groups is 1. The molecule has 0 saturated carbocycles. The van der Waals surface area contributed by atoms with Crippen LogP contribution in [0.5, 0.6) is 0 Å². The number of nitrogens with two attached hydrogens (primary N) is 1. The zero-order valence-corrected chi connectivity index (χ0v) is 7.05. The van der Waals surface area contributed by atoms with E-state index in [0.29, 0.717) is 6.42 Å². The fourth-order valence-electron chi connectivity index (χ4n) is 0.392. The summed E-state index contributed by atoms with van der Waals surface area (Å²) in [6, 6.07) is 0. The first-order valence-electron chi connectivity index (χ1n) is 2.67. The lowest BCUT2D eigenvalue weighted by Gasteiger charge is -1.84. The third-order valence-corrected chi connectivity index (χ3v) is 1.26. The number of rotatable bonds is 3. The predicted molar refractivity (Wildman–Crippen MR) is 37.5 cm³/mol. The van der Waals surface area contributed by atoms with E-state index in [-0.39, 0.29) is 5.91 Å². The van der Waals surface area contributed by atoms with Crippen molar-refractivity contribution in [2.75, 3.05) is 0 Å². The predicted octanol–water partition coefficient (Wildman–Crippen LogP) is -0.869. The Bertz CT molecular complexity index is 101. The van der Waals surface area contributed by atoms with Crippen molar-refractivity contribution in [1.29, 1.82) is 0 Å². The molecule has 0 rings (SSSR count). The van der Waals surface area contributed by atoms with Gasteiger partial charge in [-0.1, -0.05) is 6.08 Å². The van der Waals surface area contributed by atoms with Gasteiger partial charge in [0, 0.05) is 16.7 Å². The maximum atomic E-state index is 10.1. The van der Waals surface area contributed by atoms with Gasteiger partial charge in [-0.2, -0.15) is 0 Å². The molecule has 1 amide bonds. The molecule has 0 bridgehead atoms. The average Bonchev–Trinajstić information content (AvgIpc) is 1.66. The Balaban J connectivity index is 3.05. The Morgan fingerprint density at radius 2 is 2.38 bits per heavy atom. The SMILES string of the molecule is NC(=O)CC/C=C/[SiH3]. The topological polar surface area (TPSA) is 43.1 Å². The standard InChI is InChI=1S/C5H11NOSi/c6-5(7)3-1-2-4-8/h2,4H,1,3H2,8H3,(H2,6,7)/b4-2+. The summed E-state index contributed by atoms with van der Waals surface area (Å²) in [5.74, 6) is -0.218. The maximum absolute atomic E-state index is 10.1. The molecule has 0 spiro atoms. The fraction of sp³-hybridized carbons (Fsp3) is 0.400. The lowest BCUT2D eigenvalue weighted by Crippen LogP contribution is -2.08. The summed E-state index contributed by atoms with van der Waals surface area (Å²) < 4.78 is 0. The van der Waals surface area contributed by atoms with E-state index in [2.05, 4.69) is 0 Å². The van der Waals surface area contributed by atoms with Crippen LogP contribution in [0.15, 0.2) is 11.8 Å². The Labute approximate surface area is 52.2 Å². The summed E-state index contributed by atoms with van der Waals surface area (Å²) in [6.45, 7) is 0. The smallest absolute Gasteiger partial charge is 0.217 e. The molecule has 46 valence electrons. The van der Waals surface area contributed by atoms with Gasteiger partial charge in [0.1, 0.15) is 0 Å². The molecule has 0 aliphatic heterocycles. The summed E-state index contributed by atoms with van der Waals surface area (Å²) in [4.78, 5) is 10.1. The molecule has 2 nitrogen and oxygen atoms in total. The van der Waals surface area contributed by atoms with Crippen molar-refractivity contribution >= 4 is 16.1 Å². The van der Waals surface area contributed by atoms with Crippen LogP contribution in [0.1, 0.15) is 12.8 Å². The Kier molecular flexibility index (Phi) is 4.25. The minimum Gasteiger partial charge on any atom is -0.370 e. The molecule has 0 aromatic rings. The summed E-state index contributed by atoms with van der Waals surface area (Å²) in [5, 5.41) is 0. The van der Waals surface area contributed by atoms with Crippen LogP contribution in [0.25, 0.3) is 0 Å². The van der Waals surface area contributed by atoms with Gasteiger partial charge >= 0.3 is 0 Å². The molecule has 8 heavy (non-hydrogen) atoms. The van der Waals surface area contributed by atoms with E-state index < -0.39 is 0 Å². The second-order valence-corrected chi connectivity index (χ2v) is 2.24. The van der Waals surface area contributed by atoms with Crippen molar-refractivity contribution in [2.45, 2.75) is 12.8 Å². The molecule has 0 atom stereocenters. The number of amides is 1. The molecule has 0 aromatic carbocycles. The van der Waals surface area contributed by atoms with Crippen molar-refractivity contribution in [1.82, 2.24) is 0 Å². The van der Waals surface area contributed by atoms with Gasteiger partial charge in [-0.25, -0.2) is 0 Å². The number of carbonyl (C=O) groups excluding carboxylic acids is 1. The Hall–Kier alpha value is -0.573. The highest BCUT2D eigenvalue weighted by atomic mass is 28.1. The lowest BCUT2D eigenvalue weighted by atomic mass is 10.3. The highest BCUT2D eigenvalue weighted by molar-refractivity contribution is 6.16. The van der Waals surface area contributed by atoms with Crippen LogP contribution in [0.3, 0.4) is 0 Å². The van der Waals surface area contributed by atoms with Crippen LogP contribution < -0.4 is 5.73 Å². The van der Waals surface area contributed by atoms with Gasteiger partial charge in [0.2, 0.25) is 5.91 Å². The van der Waals surface area contributed by atoms with Gasteiger partial charge in [0.15, 0.2) is 0 Å². The maximum Gasteiger partial charge on any atom is 0.217 e. The van der Waals surface area contributed by atoms with E-state index in [9.17, 15) is 4.79 Å². The molecule has 3 heteroatoms. The fourth-order valence-corrected chi connectivity index (χ4v) is 0.726. The summed E-state index contributed by atoms with van der Waals surface area (Å²) >= 11 is 0. The van der Waals surface area contributed by atoms with Gasteiger partial charge in [-0.05, 0) is 6.42 Å². The zero-order chi connectivity index (χ0) is 6.41. The molecule has 0 aliphatic rings. The van der Waals surface area contributed by atoms with Gasteiger partial charge < -0.3 is 5.73 Å². The molecule has 0 aliphatic carbocycles. The number of primary amides is 1. The molecule has 0 fully saturated rings. The zero-order valence-electron chi connectivity index (χ0n) is 5.05. The van der Waals surface area contributed by atoms with E-state index in [1.54, 1.807) is 0 Å². The summed E-state index contributed by atoms with van der Waals surface area (Å²) in [7, 11) is 1.07. The molecular weight excluding hydrogens is 118 g/mol. The molecule has 0 unspecified atom stereocenters. The van der Waals surface area contributed by atoms with E-state index in [1.165, 1.54) is 0 Å². The number of hydrogen-bond donors (Lipinski definition) is 1. The normalized spacial score (nSPS) is 10.5. The first-order chi connectivity index (χ1) is 3.77. The average molecular weight is 129 g/mol. The second kappa shape index (κ2) is 4.58. The Morgan fingerprint density at radius 3 is 2.75 bits per heavy atom. The molecular formula is C5H11NOSi. The first kappa shape index (κ1) is 7.43. The van der Waals surface area contributed by atoms with Gasteiger partial charge in [0.05, 0.1) is 0 Å². The summed E-state index contributed by atoms with van der Waals surface area (Å²) in [6.07, 6.45) is 3.27. The van der Waals surface area contributed by atoms with Crippen LogP contribution in [-0.4, -0.2) is 16.1 Å². The van der Waals surface area contributed by atoms with E-state index in [4.69, 9.17) is 5.73 Å². The third-order valence-electron chi connectivity index (χ3n) is 0.793. The van der Waals surface area contributed by atoms with Crippen molar-refractivity contribution < 1.29 is 4.79 Å². The van der Waals surface area contributed by atoms with Crippen LogP contribution >= 0.6 is 0 Å². The molecule has 0 heterocycles. The number of hydrogen-bond acceptors (Lipinski definition) is 1. The minimum absolute atomic E-state index is 0.218. The Morgan fingerprint density at radius 1 is 1.75 bits per heavy atom. The van der Waals surface area contributed by atoms with E-state index >= 15 is 0 Å². The van der Waals surface area contributed by atoms with Gasteiger partial charge in [0.25, 0.3) is 0 Å². The molecule has 0 radical (unpaired) electrons. The highest BCUT2D eigenvalue weighted by Gasteiger charge is 1.86. The van der Waals surface area contributed by atoms with Crippen LogP contribution in [0.2, 0.25) is 0 Å². The van der Waals surface area contributed by atoms with Crippen molar-refractivity contribution in [3.8, 4) is 0 Å². The lowest BCUT2D eigenvalue weighted by molar-refractivity contribution is -0.117. The highest BCUT2D eigenvalue weighted by Crippen LogP contribution is 1.86. The summed E-state index contributed by atoms with van der Waals surface area (Å²) in [5.41, 5.74) is 6.92. The van der Waals surface area contributed by atoms with Crippen LogP contribution in [0, 0.1) is 0 Å². The quantitative estimate of drug-likeness (QED) is 0.495. The largest absolute Gasteiger partial charge is 0.370 e. The van der Waals surface area contributed by atoms with Crippen LogP contribution in [-0.2, 0) is 4.79 Å². The first-order valence-corrected chi connectivity index (χ1v) is 3.82. The molecule has 0 aromatic heterocycles. The van der Waals surface area contributed by atoms with E-state index in [0.717, 1.165) is 16.7 Å².